The third-order valence-electron chi connectivity index (χ3n) is 7.90. The second-order valence-electron chi connectivity index (χ2n) is 11.1. The minimum Gasteiger partial charge on any atom is -0.496 e. The molecule has 2 aliphatic heterocycles. The van der Waals surface area contributed by atoms with Crippen LogP contribution in [0, 0.1) is 27.7 Å². The Labute approximate surface area is 281 Å². The minimum atomic E-state index is -1.28. The molecule has 0 bridgehead atoms. The summed E-state index contributed by atoms with van der Waals surface area (Å²) in [6, 6.07) is 7.47. The number of aliphatic hydroxyl groups is 2. The van der Waals surface area contributed by atoms with Crippen molar-refractivity contribution in [3.8, 4) is 11.5 Å². The molecule has 0 saturated heterocycles. The molecule has 4 aromatic heterocycles. The summed E-state index contributed by atoms with van der Waals surface area (Å²) in [6.07, 6.45) is 4.89. The molecule has 6 rings (SSSR count). The van der Waals surface area contributed by atoms with Gasteiger partial charge in [0.2, 0.25) is 0 Å². The van der Waals surface area contributed by atoms with Gasteiger partial charge in [0.15, 0.2) is 11.6 Å². The zero-order valence-corrected chi connectivity index (χ0v) is 29.0. The molecule has 0 fully saturated rings. The fraction of sp³-hybridized carbons (Fsp3) is 0.353. The highest BCUT2D eigenvalue weighted by molar-refractivity contribution is 8.13. The van der Waals surface area contributed by atoms with Gasteiger partial charge in [-0.3, -0.25) is 14.2 Å². The lowest BCUT2D eigenvalue weighted by molar-refractivity contribution is 0.277. The zero-order valence-electron chi connectivity index (χ0n) is 27.3. The van der Waals surface area contributed by atoms with E-state index in [-0.39, 0.29) is 13.2 Å². The fourth-order valence-electron chi connectivity index (χ4n) is 5.33. The number of hydrogen-bond donors (Lipinski definition) is 2. The molecule has 246 valence electrons. The summed E-state index contributed by atoms with van der Waals surface area (Å²) in [5.41, 5.74) is 9.00. The van der Waals surface area contributed by atoms with Crippen molar-refractivity contribution < 1.29 is 23.9 Å². The predicted octanol–water partition coefficient (Wildman–Crippen LogP) is 5.24. The van der Waals surface area contributed by atoms with E-state index in [1.165, 1.54) is 0 Å². The van der Waals surface area contributed by atoms with Crippen LogP contribution in [0.1, 0.15) is 56.2 Å². The molecule has 2 aliphatic rings. The normalized spacial score (nSPS) is 13.6. The molecule has 1 unspecified atom stereocenters. The van der Waals surface area contributed by atoms with Crippen LogP contribution in [0.25, 0.3) is 0 Å². The number of fused-ring (bicyclic) bond motifs is 2. The van der Waals surface area contributed by atoms with E-state index in [1.807, 2.05) is 52.1 Å². The van der Waals surface area contributed by atoms with Crippen LogP contribution >= 0.6 is 11.8 Å². The first-order valence-corrected chi connectivity index (χ1v) is 17.3. The number of aryl methyl sites for hydroxylation is 2. The maximum absolute atomic E-state index is 12.7. The van der Waals surface area contributed by atoms with Crippen molar-refractivity contribution in [3.05, 3.63) is 92.8 Å². The van der Waals surface area contributed by atoms with Crippen LogP contribution in [-0.2, 0) is 48.4 Å². The van der Waals surface area contributed by atoms with Crippen molar-refractivity contribution >= 4 is 44.3 Å². The lowest BCUT2D eigenvalue weighted by Gasteiger charge is -2.11. The van der Waals surface area contributed by atoms with Gasteiger partial charge in [-0.05, 0) is 39.8 Å². The first kappa shape index (κ1) is 34.3. The molecule has 2 N–H and O–H groups in total. The van der Waals surface area contributed by atoms with Gasteiger partial charge in [0, 0.05) is 64.4 Å². The van der Waals surface area contributed by atoms with E-state index in [0.717, 1.165) is 79.3 Å². The molecule has 0 saturated carbocycles. The summed E-state index contributed by atoms with van der Waals surface area (Å²) in [7, 11) is 2.03. The summed E-state index contributed by atoms with van der Waals surface area (Å²) in [5, 5.41) is 19.9. The SMILES string of the molecule is COc1c(C)cnc(CS(=O)C2=Nc3nc(CO)ccc3C2)c1C.COc1c(C)cnc(CSC2=Nc3nc(CO)ccc3C2)c1C. The van der Waals surface area contributed by atoms with Crippen molar-refractivity contribution in [2.24, 2.45) is 9.98 Å². The Bertz CT molecular complexity index is 1900. The maximum atomic E-state index is 12.7. The average molecular weight is 675 g/mol. The van der Waals surface area contributed by atoms with Gasteiger partial charge in [-0.1, -0.05) is 12.1 Å². The molecular formula is C34H38N6O5S2. The number of nitrogens with zero attached hydrogens (tertiary/aromatic N) is 6. The molecular weight excluding hydrogens is 637 g/mol. The second-order valence-corrected chi connectivity index (χ2v) is 13.6. The number of methoxy groups -OCH3 is 2. The highest BCUT2D eigenvalue weighted by atomic mass is 32.2. The van der Waals surface area contributed by atoms with Crippen LogP contribution in [0.3, 0.4) is 0 Å². The standard InChI is InChI=1S/C17H19N3O3S.C17H19N3O2S/c1-10-7-18-14(11(2)16(10)23-3)9-24(22)15-6-12-4-5-13(8-21)19-17(12)20-15;1-10-7-18-14(11(2)16(10)22-3)9-23-15-6-12-4-5-13(8-21)19-17(12)20-15/h4-5,7,21H,6,8-9H2,1-3H3;4-5,7,21H,6,8-9H2,1-3H3. The van der Waals surface area contributed by atoms with Crippen LogP contribution < -0.4 is 9.47 Å². The van der Waals surface area contributed by atoms with Crippen molar-refractivity contribution in [2.75, 3.05) is 14.2 Å². The lowest BCUT2D eigenvalue weighted by atomic mass is 10.1. The lowest BCUT2D eigenvalue weighted by Crippen LogP contribution is -2.12. The Kier molecular flexibility index (Phi) is 11.1. The number of ether oxygens (including phenoxy) is 2. The molecule has 0 aliphatic carbocycles. The molecule has 0 aromatic carbocycles. The first-order chi connectivity index (χ1) is 22.6. The average Bonchev–Trinajstić information content (AvgIpc) is 3.69. The van der Waals surface area contributed by atoms with E-state index in [2.05, 4.69) is 29.9 Å². The largest absolute Gasteiger partial charge is 0.496 e. The van der Waals surface area contributed by atoms with E-state index < -0.39 is 10.8 Å². The van der Waals surface area contributed by atoms with Gasteiger partial charge < -0.3 is 19.7 Å². The van der Waals surface area contributed by atoms with E-state index in [0.29, 0.717) is 34.4 Å². The monoisotopic (exact) mass is 674 g/mol. The predicted molar refractivity (Wildman–Crippen MR) is 186 cm³/mol. The summed E-state index contributed by atoms with van der Waals surface area (Å²) >= 11 is 1.68. The number of hydrogen-bond acceptors (Lipinski definition) is 12. The summed E-state index contributed by atoms with van der Waals surface area (Å²) < 4.78 is 23.5. The highest BCUT2D eigenvalue weighted by Crippen LogP contribution is 2.32. The third kappa shape index (κ3) is 7.75. The van der Waals surface area contributed by atoms with E-state index >= 15 is 0 Å². The second kappa shape index (κ2) is 15.2. The van der Waals surface area contributed by atoms with Crippen LogP contribution in [-0.4, -0.2) is 58.7 Å². The smallest absolute Gasteiger partial charge is 0.156 e. The number of rotatable bonds is 8. The maximum Gasteiger partial charge on any atom is 0.156 e. The quantitative estimate of drug-likeness (QED) is 0.254. The van der Waals surface area contributed by atoms with Gasteiger partial charge in [0.1, 0.15) is 16.5 Å². The molecule has 0 radical (unpaired) electrons. The Hall–Kier alpha value is -4.04. The molecule has 11 nitrogen and oxygen atoms in total. The molecule has 47 heavy (non-hydrogen) atoms. The molecule has 4 aromatic rings. The topological polar surface area (TPSA) is 152 Å². The number of thioether (sulfide) groups is 1. The molecule has 6 heterocycles. The number of aromatic nitrogens is 4. The van der Waals surface area contributed by atoms with Crippen LogP contribution in [0.2, 0.25) is 0 Å². The van der Waals surface area contributed by atoms with Crippen LogP contribution in [0.15, 0.2) is 46.6 Å². The van der Waals surface area contributed by atoms with Gasteiger partial charge >= 0.3 is 0 Å². The Morgan fingerprint density at radius 2 is 1.30 bits per heavy atom. The van der Waals surface area contributed by atoms with Crippen molar-refractivity contribution in [1.29, 1.82) is 0 Å². The Balaban J connectivity index is 0.000000185. The van der Waals surface area contributed by atoms with Crippen LogP contribution in [0.5, 0.6) is 11.5 Å². The van der Waals surface area contributed by atoms with Crippen molar-refractivity contribution in [3.63, 3.8) is 0 Å². The fourth-order valence-corrected chi connectivity index (χ4v) is 7.54. The van der Waals surface area contributed by atoms with Crippen molar-refractivity contribution in [2.45, 2.75) is 65.3 Å². The zero-order chi connectivity index (χ0) is 33.7. The first-order valence-electron chi connectivity index (χ1n) is 15.0. The number of aliphatic hydroxyl groups excluding tert-OH is 2. The highest BCUT2D eigenvalue weighted by Gasteiger charge is 2.23. The van der Waals surface area contributed by atoms with Crippen molar-refractivity contribution in [1.82, 2.24) is 19.9 Å². The van der Waals surface area contributed by atoms with Gasteiger partial charge in [0.25, 0.3) is 0 Å². The van der Waals surface area contributed by atoms with Crippen LogP contribution in [0.4, 0.5) is 11.6 Å². The van der Waals surface area contributed by atoms with E-state index in [9.17, 15) is 4.21 Å². The Morgan fingerprint density at radius 3 is 1.87 bits per heavy atom. The molecule has 13 heteroatoms. The van der Waals surface area contributed by atoms with Gasteiger partial charge in [-0.25, -0.2) is 20.0 Å². The number of pyridine rings is 4. The van der Waals surface area contributed by atoms with E-state index in [4.69, 9.17) is 19.7 Å². The molecule has 0 spiro atoms. The number of aliphatic imine (C=N–C) groups is 2. The van der Waals surface area contributed by atoms with Gasteiger partial charge in [0.05, 0.1) is 71.8 Å². The third-order valence-corrected chi connectivity index (χ3v) is 10.2. The molecule has 0 amide bonds. The Morgan fingerprint density at radius 1 is 0.766 bits per heavy atom. The summed E-state index contributed by atoms with van der Waals surface area (Å²) in [6.45, 7) is 7.70. The van der Waals surface area contributed by atoms with Gasteiger partial charge in [-0.2, -0.15) is 0 Å². The summed E-state index contributed by atoms with van der Waals surface area (Å²) in [5.74, 6) is 4.01. The molecule has 1 atom stereocenters. The van der Waals surface area contributed by atoms with E-state index in [1.54, 1.807) is 38.2 Å². The van der Waals surface area contributed by atoms with Gasteiger partial charge in [-0.15, -0.1) is 11.8 Å². The minimum absolute atomic E-state index is 0.0580. The summed E-state index contributed by atoms with van der Waals surface area (Å²) in [4.78, 5) is 26.5.